The van der Waals surface area contributed by atoms with Crippen LogP contribution in [0.1, 0.15) is 47.2 Å². The number of aromatic nitrogens is 1. The zero-order valence-electron chi connectivity index (χ0n) is 16.7. The summed E-state index contributed by atoms with van der Waals surface area (Å²) >= 11 is 0. The first-order valence-corrected chi connectivity index (χ1v) is 10.3. The van der Waals surface area contributed by atoms with Gasteiger partial charge in [-0.15, -0.1) is 0 Å². The Morgan fingerprint density at radius 1 is 1.17 bits per heavy atom. The number of nitrogens with zero attached hydrogens (tertiary/aromatic N) is 2. The summed E-state index contributed by atoms with van der Waals surface area (Å²) in [5, 5.41) is 12.9. The van der Waals surface area contributed by atoms with Crippen LogP contribution in [0, 0.1) is 18.3 Å². The SMILES string of the molecule is Cc1cccc2[nH]cc(C(=O)Nc3ccc(N4C5CCC4CC5)cc3C#N)c(=O)c12. The second-order valence-electron chi connectivity index (χ2n) is 8.19. The van der Waals surface area contributed by atoms with Gasteiger partial charge in [0.2, 0.25) is 5.43 Å². The Morgan fingerprint density at radius 2 is 1.90 bits per heavy atom. The Hall–Kier alpha value is -3.59. The van der Waals surface area contributed by atoms with Gasteiger partial charge in [0.25, 0.3) is 5.91 Å². The van der Waals surface area contributed by atoms with E-state index >= 15 is 0 Å². The smallest absolute Gasteiger partial charge is 0.261 e. The van der Waals surface area contributed by atoms with E-state index in [0.717, 1.165) is 11.3 Å². The Balaban J connectivity index is 1.46. The summed E-state index contributed by atoms with van der Waals surface area (Å²) in [6.45, 7) is 1.84. The van der Waals surface area contributed by atoms with E-state index in [1.807, 2.05) is 37.3 Å². The van der Waals surface area contributed by atoms with Crippen LogP contribution in [-0.4, -0.2) is 23.0 Å². The molecule has 0 atom stereocenters. The number of aromatic amines is 1. The highest BCUT2D eigenvalue weighted by Gasteiger charge is 2.39. The molecule has 2 saturated heterocycles. The lowest BCUT2D eigenvalue weighted by atomic mass is 10.0. The van der Waals surface area contributed by atoms with E-state index in [1.165, 1.54) is 31.9 Å². The number of benzene rings is 2. The van der Waals surface area contributed by atoms with Gasteiger partial charge >= 0.3 is 0 Å². The van der Waals surface area contributed by atoms with E-state index in [2.05, 4.69) is 21.3 Å². The van der Waals surface area contributed by atoms with Crippen molar-refractivity contribution in [3.05, 3.63) is 69.5 Å². The predicted octanol–water partition coefficient (Wildman–Crippen LogP) is 4.09. The molecule has 6 nitrogen and oxygen atoms in total. The molecule has 2 aliphatic heterocycles. The molecule has 2 aliphatic rings. The predicted molar refractivity (Wildman–Crippen MR) is 117 cm³/mol. The highest BCUT2D eigenvalue weighted by molar-refractivity contribution is 6.06. The zero-order chi connectivity index (χ0) is 20.8. The molecule has 2 N–H and O–H groups in total. The second kappa shape index (κ2) is 7.03. The number of H-pyrrole nitrogens is 1. The molecule has 30 heavy (non-hydrogen) atoms. The number of amides is 1. The van der Waals surface area contributed by atoms with Gasteiger partial charge in [-0.2, -0.15) is 5.26 Å². The Kier molecular flexibility index (Phi) is 4.32. The van der Waals surface area contributed by atoms with E-state index in [4.69, 9.17) is 0 Å². The molecule has 0 radical (unpaired) electrons. The third-order valence-corrected chi connectivity index (χ3v) is 6.48. The fourth-order valence-corrected chi connectivity index (χ4v) is 5.03. The Bertz CT molecular complexity index is 1250. The first-order chi connectivity index (χ1) is 14.6. The van der Waals surface area contributed by atoms with Crippen molar-refractivity contribution in [3.8, 4) is 6.07 Å². The topological polar surface area (TPSA) is 89.0 Å². The zero-order valence-corrected chi connectivity index (χ0v) is 16.7. The molecule has 0 saturated carbocycles. The van der Waals surface area contributed by atoms with E-state index in [0.29, 0.717) is 34.2 Å². The maximum atomic E-state index is 12.9. The van der Waals surface area contributed by atoms with Crippen molar-refractivity contribution in [2.45, 2.75) is 44.7 Å². The molecule has 0 unspecified atom stereocenters. The van der Waals surface area contributed by atoms with Crippen LogP contribution in [0.3, 0.4) is 0 Å². The molecule has 1 amide bonds. The Labute approximate surface area is 174 Å². The van der Waals surface area contributed by atoms with Crippen LogP contribution in [0.5, 0.6) is 0 Å². The third kappa shape index (κ3) is 2.86. The standard InChI is InChI=1S/C24H22N4O2/c1-14-3-2-4-21-22(14)23(29)19(13-26-21)24(30)27-20-10-9-18(11-15(20)12-25)28-16-5-6-17(28)8-7-16/h2-4,9-11,13,16-17H,5-8H2,1H3,(H,26,29)(H,27,30). The van der Waals surface area contributed by atoms with Gasteiger partial charge in [0.05, 0.1) is 11.3 Å². The Morgan fingerprint density at radius 3 is 2.60 bits per heavy atom. The lowest BCUT2D eigenvalue weighted by Gasteiger charge is -2.25. The number of carbonyl (C=O) groups is 1. The van der Waals surface area contributed by atoms with Gasteiger partial charge in [-0.25, -0.2) is 0 Å². The van der Waals surface area contributed by atoms with E-state index in [9.17, 15) is 14.9 Å². The van der Waals surface area contributed by atoms with E-state index < -0.39 is 5.91 Å². The number of hydrogen-bond donors (Lipinski definition) is 2. The molecule has 150 valence electrons. The summed E-state index contributed by atoms with van der Waals surface area (Å²) in [5.41, 5.74) is 3.08. The van der Waals surface area contributed by atoms with Crippen molar-refractivity contribution in [3.63, 3.8) is 0 Å². The number of pyridine rings is 1. The molecule has 2 aromatic carbocycles. The van der Waals surface area contributed by atoms with Crippen molar-refractivity contribution in [2.24, 2.45) is 0 Å². The summed E-state index contributed by atoms with van der Waals surface area (Å²) in [5.74, 6) is -0.521. The molecule has 2 bridgehead atoms. The summed E-state index contributed by atoms with van der Waals surface area (Å²) < 4.78 is 0. The van der Waals surface area contributed by atoms with Gasteiger partial charge in [-0.05, 0) is 62.4 Å². The lowest BCUT2D eigenvalue weighted by Crippen LogP contribution is -2.28. The number of aryl methyl sites for hydroxylation is 1. The first kappa shape index (κ1) is 18.4. The van der Waals surface area contributed by atoms with Crippen LogP contribution in [0.15, 0.2) is 47.4 Å². The van der Waals surface area contributed by atoms with Gasteiger partial charge in [0.15, 0.2) is 0 Å². The van der Waals surface area contributed by atoms with Crippen LogP contribution in [0.25, 0.3) is 10.9 Å². The van der Waals surface area contributed by atoms with Crippen LogP contribution >= 0.6 is 0 Å². The fraction of sp³-hybridized carbons (Fsp3) is 0.292. The molecule has 0 aliphatic carbocycles. The van der Waals surface area contributed by atoms with Gasteiger partial charge < -0.3 is 15.2 Å². The highest BCUT2D eigenvalue weighted by atomic mass is 16.2. The summed E-state index contributed by atoms with van der Waals surface area (Å²) in [6.07, 6.45) is 6.25. The quantitative estimate of drug-likeness (QED) is 0.695. The normalized spacial score (nSPS) is 19.8. The molecular formula is C24H22N4O2. The van der Waals surface area contributed by atoms with Gasteiger partial charge in [0.1, 0.15) is 11.6 Å². The number of anilines is 2. The first-order valence-electron chi connectivity index (χ1n) is 10.3. The van der Waals surface area contributed by atoms with Crippen LogP contribution in [0.4, 0.5) is 11.4 Å². The summed E-state index contributed by atoms with van der Waals surface area (Å²) in [6, 6.07) is 14.4. The number of fused-ring (bicyclic) bond motifs is 3. The van der Waals surface area contributed by atoms with E-state index in [1.54, 1.807) is 6.07 Å². The van der Waals surface area contributed by atoms with Crippen LogP contribution in [-0.2, 0) is 0 Å². The number of hydrogen-bond acceptors (Lipinski definition) is 4. The largest absolute Gasteiger partial charge is 0.366 e. The maximum absolute atomic E-state index is 12.9. The third-order valence-electron chi connectivity index (χ3n) is 6.48. The molecule has 2 fully saturated rings. The van der Waals surface area contributed by atoms with Crippen LogP contribution in [0.2, 0.25) is 0 Å². The van der Waals surface area contributed by atoms with Crippen LogP contribution < -0.4 is 15.6 Å². The maximum Gasteiger partial charge on any atom is 0.261 e. The monoisotopic (exact) mass is 398 g/mol. The average molecular weight is 398 g/mol. The lowest BCUT2D eigenvalue weighted by molar-refractivity contribution is 0.102. The molecule has 6 heteroatoms. The van der Waals surface area contributed by atoms with Gasteiger partial charge in [-0.3, -0.25) is 9.59 Å². The second-order valence-corrected chi connectivity index (χ2v) is 8.19. The average Bonchev–Trinajstić information content (AvgIpc) is 3.35. The highest BCUT2D eigenvalue weighted by Crippen LogP contribution is 2.41. The van der Waals surface area contributed by atoms with Crippen molar-refractivity contribution >= 4 is 28.2 Å². The minimum atomic E-state index is -0.521. The minimum absolute atomic E-state index is 0.0300. The van der Waals surface area contributed by atoms with Crippen molar-refractivity contribution in [2.75, 3.05) is 10.2 Å². The summed E-state index contributed by atoms with van der Waals surface area (Å²) in [4.78, 5) is 31.2. The fourth-order valence-electron chi connectivity index (χ4n) is 5.03. The summed E-state index contributed by atoms with van der Waals surface area (Å²) in [7, 11) is 0. The van der Waals surface area contributed by atoms with Crippen molar-refractivity contribution in [1.82, 2.24) is 4.98 Å². The molecule has 5 rings (SSSR count). The molecular weight excluding hydrogens is 376 g/mol. The number of nitrogens with one attached hydrogen (secondary N) is 2. The van der Waals surface area contributed by atoms with Crippen molar-refractivity contribution < 1.29 is 4.79 Å². The van der Waals surface area contributed by atoms with Gasteiger partial charge in [-0.1, -0.05) is 12.1 Å². The number of rotatable bonds is 3. The molecule has 3 aromatic rings. The molecule has 3 heterocycles. The van der Waals surface area contributed by atoms with E-state index in [-0.39, 0.29) is 11.0 Å². The number of carbonyl (C=O) groups excluding carboxylic acids is 1. The van der Waals surface area contributed by atoms with Gasteiger partial charge in [0, 0.05) is 34.9 Å². The molecule has 0 spiro atoms. The minimum Gasteiger partial charge on any atom is -0.366 e. The molecule has 1 aromatic heterocycles. The number of nitriles is 1. The van der Waals surface area contributed by atoms with Crippen molar-refractivity contribution in [1.29, 1.82) is 5.26 Å².